The molecular weight excluding hydrogens is 576 g/mol. The molecule has 0 saturated heterocycles. The highest BCUT2D eigenvalue weighted by Gasteiger charge is 2.20. The molecule has 1 rings (SSSR count). The van der Waals surface area contributed by atoms with Gasteiger partial charge in [0.15, 0.2) is 0 Å². The second-order valence-electron chi connectivity index (χ2n) is 15.1. The molecule has 0 heterocycles. The van der Waals surface area contributed by atoms with Crippen LogP contribution in [0.2, 0.25) is 0 Å². The number of benzene rings is 1. The number of azo groups is 2. The Labute approximate surface area is 280 Å². The molecule has 1 atom stereocenters. The number of carbonyl (C=O) groups is 2. The SMILES string of the molecule is CC(C/N=N/C(C)(C)C)NC(=O)Nc1ccc(CCCCCCCCCCCCCCNC(=O)NC(C)(C)/N=N/C(C)(C)C)cc1. The van der Waals surface area contributed by atoms with Gasteiger partial charge in [-0.3, -0.25) is 0 Å². The lowest BCUT2D eigenvalue weighted by atomic mass is 10.0. The molecule has 0 saturated carbocycles. The van der Waals surface area contributed by atoms with Crippen molar-refractivity contribution in [3.05, 3.63) is 29.8 Å². The fourth-order valence-electron chi connectivity index (χ4n) is 4.61. The van der Waals surface area contributed by atoms with E-state index in [0.717, 1.165) is 24.9 Å². The van der Waals surface area contributed by atoms with E-state index in [9.17, 15) is 9.59 Å². The summed E-state index contributed by atoms with van der Waals surface area (Å²) in [6.07, 6.45) is 16.1. The van der Waals surface area contributed by atoms with Gasteiger partial charge in [-0.15, -0.1) is 0 Å². The summed E-state index contributed by atoms with van der Waals surface area (Å²) in [6, 6.07) is 7.65. The molecule has 4 amide bonds. The molecule has 46 heavy (non-hydrogen) atoms. The second-order valence-corrected chi connectivity index (χ2v) is 15.1. The molecule has 0 aromatic heterocycles. The molecule has 0 radical (unpaired) electrons. The highest BCUT2D eigenvalue weighted by Crippen LogP contribution is 2.16. The summed E-state index contributed by atoms with van der Waals surface area (Å²) < 4.78 is 0. The Morgan fingerprint density at radius 1 is 0.652 bits per heavy atom. The standard InChI is InChI=1S/C36H66N8O2/c1-29(28-38-42-34(2,3)4)39-33(46)40-31-25-23-30(24-26-31)22-20-18-16-14-12-10-11-13-15-17-19-21-27-37-32(45)41-36(8,9)44-43-35(5,6)7/h23-26,29H,10-22,27-28H2,1-9H3,(H2,37,41,45)(H2,39,40,46)/b42-38+,44-43+. The van der Waals surface area contributed by atoms with E-state index in [0.29, 0.717) is 13.1 Å². The van der Waals surface area contributed by atoms with Gasteiger partial charge in [0.25, 0.3) is 0 Å². The Balaban J connectivity index is 1.99. The molecule has 0 aliphatic heterocycles. The zero-order valence-corrected chi connectivity index (χ0v) is 30.6. The summed E-state index contributed by atoms with van der Waals surface area (Å²) in [7, 11) is 0. The Morgan fingerprint density at radius 2 is 1.15 bits per heavy atom. The first-order valence-corrected chi connectivity index (χ1v) is 17.6. The predicted octanol–water partition coefficient (Wildman–Crippen LogP) is 9.96. The molecule has 0 aliphatic rings. The van der Waals surface area contributed by atoms with E-state index >= 15 is 0 Å². The number of hydrogen-bond acceptors (Lipinski definition) is 6. The number of aryl methyl sites for hydroxylation is 1. The van der Waals surface area contributed by atoms with Gasteiger partial charge in [-0.2, -0.15) is 20.5 Å². The maximum atomic E-state index is 12.3. The highest BCUT2D eigenvalue weighted by atomic mass is 16.2. The van der Waals surface area contributed by atoms with Crippen LogP contribution in [0.5, 0.6) is 0 Å². The number of rotatable bonds is 21. The number of nitrogens with one attached hydrogen (secondary N) is 4. The maximum absolute atomic E-state index is 12.3. The van der Waals surface area contributed by atoms with Crippen molar-refractivity contribution in [2.45, 2.75) is 169 Å². The van der Waals surface area contributed by atoms with Gasteiger partial charge < -0.3 is 21.3 Å². The predicted molar refractivity (Wildman–Crippen MR) is 192 cm³/mol. The molecule has 0 fully saturated rings. The minimum atomic E-state index is -0.717. The number of amides is 4. The summed E-state index contributed by atoms with van der Waals surface area (Å²) in [6.45, 7) is 18.7. The van der Waals surface area contributed by atoms with Crippen molar-refractivity contribution < 1.29 is 9.59 Å². The minimum absolute atomic E-state index is 0.0893. The summed E-state index contributed by atoms with van der Waals surface area (Å²) in [5, 5.41) is 28.5. The minimum Gasteiger partial charge on any atom is -0.338 e. The Kier molecular flexibility index (Phi) is 19.3. The van der Waals surface area contributed by atoms with Gasteiger partial charge in [-0.1, -0.05) is 76.3 Å². The zero-order valence-electron chi connectivity index (χ0n) is 30.6. The number of hydrogen-bond donors (Lipinski definition) is 4. The monoisotopic (exact) mass is 643 g/mol. The summed E-state index contributed by atoms with van der Waals surface area (Å²) in [5.74, 6) is 0. The quantitative estimate of drug-likeness (QED) is 0.0785. The summed E-state index contributed by atoms with van der Waals surface area (Å²) in [5.41, 5.74) is 0.930. The van der Waals surface area contributed by atoms with E-state index in [4.69, 9.17) is 0 Å². The van der Waals surface area contributed by atoms with Crippen molar-refractivity contribution in [3.8, 4) is 0 Å². The number of urea groups is 2. The van der Waals surface area contributed by atoms with E-state index < -0.39 is 5.66 Å². The molecule has 0 spiro atoms. The molecule has 10 nitrogen and oxygen atoms in total. The molecule has 262 valence electrons. The third-order valence-electron chi connectivity index (χ3n) is 7.01. The van der Waals surface area contributed by atoms with Crippen LogP contribution >= 0.6 is 0 Å². The van der Waals surface area contributed by atoms with Gasteiger partial charge >= 0.3 is 12.1 Å². The third kappa shape index (κ3) is 24.2. The molecule has 1 aromatic carbocycles. The first kappa shape index (κ1) is 41.0. The van der Waals surface area contributed by atoms with Gasteiger partial charge in [0.2, 0.25) is 0 Å². The van der Waals surface area contributed by atoms with Crippen molar-refractivity contribution in [2.75, 3.05) is 18.4 Å². The van der Waals surface area contributed by atoms with E-state index in [1.165, 1.54) is 69.8 Å². The van der Waals surface area contributed by atoms with Crippen molar-refractivity contribution >= 4 is 17.7 Å². The third-order valence-corrected chi connectivity index (χ3v) is 7.01. The van der Waals surface area contributed by atoms with Gasteiger partial charge in [0.05, 0.1) is 17.6 Å². The van der Waals surface area contributed by atoms with Gasteiger partial charge in [0.1, 0.15) is 5.66 Å². The Morgan fingerprint density at radius 3 is 1.67 bits per heavy atom. The molecule has 10 heteroatoms. The fourth-order valence-corrected chi connectivity index (χ4v) is 4.61. The van der Waals surface area contributed by atoms with Gasteiger partial charge in [0, 0.05) is 18.3 Å². The molecular formula is C36H66N8O2. The van der Waals surface area contributed by atoms with E-state index in [2.05, 4.69) is 53.9 Å². The molecule has 4 N–H and O–H groups in total. The number of carbonyl (C=O) groups excluding carboxylic acids is 2. The first-order chi connectivity index (χ1) is 21.5. The fraction of sp³-hybridized carbons (Fsp3) is 0.778. The highest BCUT2D eigenvalue weighted by molar-refractivity contribution is 5.89. The van der Waals surface area contributed by atoms with Crippen LogP contribution in [0.4, 0.5) is 15.3 Å². The van der Waals surface area contributed by atoms with Crippen molar-refractivity contribution in [3.63, 3.8) is 0 Å². The van der Waals surface area contributed by atoms with Gasteiger partial charge in [-0.25, -0.2) is 9.59 Å². The first-order valence-electron chi connectivity index (χ1n) is 17.6. The number of anilines is 1. The lowest BCUT2D eigenvalue weighted by Gasteiger charge is -2.22. The van der Waals surface area contributed by atoms with Crippen LogP contribution in [0, 0.1) is 0 Å². The maximum Gasteiger partial charge on any atom is 0.319 e. The van der Waals surface area contributed by atoms with Crippen molar-refractivity contribution in [1.29, 1.82) is 0 Å². The van der Waals surface area contributed by atoms with Crippen molar-refractivity contribution in [1.82, 2.24) is 16.0 Å². The average molecular weight is 643 g/mol. The molecule has 1 aromatic rings. The van der Waals surface area contributed by atoms with Crippen LogP contribution in [0.25, 0.3) is 0 Å². The number of unbranched alkanes of at least 4 members (excludes halogenated alkanes) is 11. The van der Waals surface area contributed by atoms with Crippen LogP contribution in [0.15, 0.2) is 44.7 Å². The number of nitrogens with zero attached hydrogens (tertiary/aromatic N) is 4. The van der Waals surface area contributed by atoms with Crippen LogP contribution < -0.4 is 21.3 Å². The Bertz CT molecular complexity index is 1040. The molecule has 0 bridgehead atoms. The Hall–Kier alpha value is -3.04. The molecule has 1 unspecified atom stereocenters. The average Bonchev–Trinajstić information content (AvgIpc) is 2.93. The van der Waals surface area contributed by atoms with Crippen LogP contribution in [0.3, 0.4) is 0 Å². The summed E-state index contributed by atoms with van der Waals surface area (Å²) >= 11 is 0. The van der Waals surface area contributed by atoms with E-state index in [1.807, 2.05) is 74.4 Å². The summed E-state index contributed by atoms with van der Waals surface area (Å²) in [4.78, 5) is 24.4. The van der Waals surface area contributed by atoms with Gasteiger partial charge in [-0.05, 0) is 99.3 Å². The largest absolute Gasteiger partial charge is 0.338 e. The van der Waals surface area contributed by atoms with E-state index in [-0.39, 0.29) is 29.2 Å². The smallest absolute Gasteiger partial charge is 0.319 e. The normalized spacial score (nSPS) is 13.2. The van der Waals surface area contributed by atoms with Crippen molar-refractivity contribution in [2.24, 2.45) is 20.5 Å². The van der Waals surface area contributed by atoms with Crippen LogP contribution in [0.1, 0.15) is 145 Å². The lowest BCUT2D eigenvalue weighted by Crippen LogP contribution is -2.47. The molecule has 0 aliphatic carbocycles. The topological polar surface area (TPSA) is 132 Å². The zero-order chi connectivity index (χ0) is 34.5. The lowest BCUT2D eigenvalue weighted by molar-refractivity contribution is 0.228. The van der Waals surface area contributed by atoms with Crippen LogP contribution in [-0.2, 0) is 6.42 Å². The van der Waals surface area contributed by atoms with E-state index in [1.54, 1.807) is 0 Å². The van der Waals surface area contributed by atoms with Crippen LogP contribution in [-0.4, -0.2) is 47.9 Å². The second kappa shape index (κ2) is 21.7.